The van der Waals surface area contributed by atoms with Crippen molar-refractivity contribution in [3.8, 4) is 0 Å². The number of carboxylic acids is 1. The van der Waals surface area contributed by atoms with Crippen LogP contribution < -0.4 is 5.73 Å². The minimum Gasteiger partial charge on any atom is -0.481 e. The first-order valence-corrected chi connectivity index (χ1v) is 6.09. The largest absolute Gasteiger partial charge is 0.481 e. The third-order valence-electron chi connectivity index (χ3n) is 2.72. The fraction of sp³-hybridized carbons (Fsp3) is 0.917. The summed E-state index contributed by atoms with van der Waals surface area (Å²) in [5.41, 5.74) is 5.58. The Morgan fingerprint density at radius 3 is 2.38 bits per heavy atom. The monoisotopic (exact) mass is 231 g/mol. The lowest BCUT2D eigenvalue weighted by Crippen LogP contribution is -2.39. The summed E-state index contributed by atoms with van der Waals surface area (Å²) in [6, 6.07) is 0. The van der Waals surface area contributed by atoms with Crippen LogP contribution in [0.25, 0.3) is 0 Å². The molecule has 0 bridgehead atoms. The molecular formula is C12H25NO3. The molecule has 4 heteroatoms. The summed E-state index contributed by atoms with van der Waals surface area (Å²) >= 11 is 0. The Hall–Kier alpha value is -0.610. The minimum atomic E-state index is -0.819. The van der Waals surface area contributed by atoms with Crippen molar-refractivity contribution in [1.82, 2.24) is 0 Å². The topological polar surface area (TPSA) is 72.5 Å². The molecule has 0 saturated carbocycles. The molecule has 0 saturated heterocycles. The number of carboxylic acid groups (broad SMARTS) is 1. The van der Waals surface area contributed by atoms with Crippen molar-refractivity contribution in [1.29, 1.82) is 0 Å². The molecule has 0 fully saturated rings. The molecule has 0 aliphatic heterocycles. The van der Waals surface area contributed by atoms with E-state index in [0.29, 0.717) is 6.61 Å². The number of aliphatic carboxylic acids is 1. The minimum absolute atomic E-state index is 0.0391. The number of ether oxygens (including phenoxy) is 1. The second-order valence-corrected chi connectivity index (χ2v) is 4.46. The summed E-state index contributed by atoms with van der Waals surface area (Å²) < 4.78 is 5.57. The molecule has 0 aromatic carbocycles. The predicted molar refractivity (Wildman–Crippen MR) is 64.3 cm³/mol. The van der Waals surface area contributed by atoms with Gasteiger partial charge in [-0.25, -0.2) is 0 Å². The molecule has 0 amide bonds. The second kappa shape index (κ2) is 8.53. The highest BCUT2D eigenvalue weighted by Gasteiger charge is 2.30. The maximum absolute atomic E-state index is 11.1. The Kier molecular flexibility index (Phi) is 8.21. The van der Waals surface area contributed by atoms with Gasteiger partial charge in [-0.2, -0.15) is 0 Å². The van der Waals surface area contributed by atoms with Gasteiger partial charge < -0.3 is 15.6 Å². The van der Waals surface area contributed by atoms with E-state index < -0.39 is 11.9 Å². The van der Waals surface area contributed by atoms with Crippen LogP contribution in [0.4, 0.5) is 0 Å². The number of hydrogen-bond acceptors (Lipinski definition) is 3. The third kappa shape index (κ3) is 5.47. The molecule has 4 nitrogen and oxygen atoms in total. The standard InChI is InChI=1S/C12H25NO3/c1-4-5-6-7-16-10(8-13)11(9(2)3)12(14)15/h9-11H,4-8,13H2,1-3H3,(H,14,15). The summed E-state index contributed by atoms with van der Waals surface area (Å²) in [4.78, 5) is 11.1. The fourth-order valence-electron chi connectivity index (χ4n) is 1.78. The number of rotatable bonds is 9. The van der Waals surface area contributed by atoms with E-state index in [9.17, 15) is 4.79 Å². The van der Waals surface area contributed by atoms with Gasteiger partial charge in [0.05, 0.1) is 12.0 Å². The van der Waals surface area contributed by atoms with Gasteiger partial charge >= 0.3 is 5.97 Å². The van der Waals surface area contributed by atoms with Gasteiger partial charge in [0, 0.05) is 13.2 Å². The Morgan fingerprint density at radius 2 is 2.00 bits per heavy atom. The molecule has 0 heterocycles. The Labute approximate surface area is 98.2 Å². The van der Waals surface area contributed by atoms with Gasteiger partial charge in [-0.1, -0.05) is 33.6 Å². The van der Waals surface area contributed by atoms with Gasteiger partial charge in [-0.05, 0) is 12.3 Å². The summed E-state index contributed by atoms with van der Waals surface area (Å²) in [5.74, 6) is -1.29. The summed E-state index contributed by atoms with van der Waals surface area (Å²) in [6.07, 6.45) is 2.84. The lowest BCUT2D eigenvalue weighted by Gasteiger charge is -2.25. The van der Waals surface area contributed by atoms with E-state index in [0.717, 1.165) is 19.3 Å². The molecule has 3 N–H and O–H groups in total. The Morgan fingerprint density at radius 1 is 1.38 bits per heavy atom. The molecule has 0 aromatic rings. The van der Waals surface area contributed by atoms with E-state index in [1.165, 1.54) is 0 Å². The molecule has 0 aliphatic carbocycles. The van der Waals surface area contributed by atoms with Crippen LogP contribution in [0.2, 0.25) is 0 Å². The zero-order valence-electron chi connectivity index (χ0n) is 10.6. The van der Waals surface area contributed by atoms with E-state index in [4.69, 9.17) is 15.6 Å². The first-order chi connectivity index (χ1) is 7.54. The molecule has 2 atom stereocenters. The molecule has 0 aliphatic rings. The average molecular weight is 231 g/mol. The van der Waals surface area contributed by atoms with Crippen molar-refractivity contribution in [3.63, 3.8) is 0 Å². The van der Waals surface area contributed by atoms with Crippen LogP contribution in [-0.4, -0.2) is 30.3 Å². The zero-order valence-corrected chi connectivity index (χ0v) is 10.6. The van der Waals surface area contributed by atoms with Gasteiger partial charge in [0.25, 0.3) is 0 Å². The van der Waals surface area contributed by atoms with Crippen molar-refractivity contribution < 1.29 is 14.6 Å². The van der Waals surface area contributed by atoms with E-state index >= 15 is 0 Å². The quantitative estimate of drug-likeness (QED) is 0.594. The van der Waals surface area contributed by atoms with Crippen molar-refractivity contribution in [2.24, 2.45) is 17.6 Å². The van der Waals surface area contributed by atoms with Crippen LogP contribution in [0.15, 0.2) is 0 Å². The molecular weight excluding hydrogens is 206 g/mol. The molecule has 2 unspecified atom stereocenters. The number of nitrogens with two attached hydrogens (primary N) is 1. The first-order valence-electron chi connectivity index (χ1n) is 6.09. The smallest absolute Gasteiger partial charge is 0.309 e. The normalized spacial score (nSPS) is 15.1. The zero-order chi connectivity index (χ0) is 12.6. The first kappa shape index (κ1) is 15.4. The maximum Gasteiger partial charge on any atom is 0.309 e. The van der Waals surface area contributed by atoms with Crippen molar-refractivity contribution in [2.45, 2.75) is 46.1 Å². The van der Waals surface area contributed by atoms with Gasteiger partial charge in [0.1, 0.15) is 0 Å². The number of carbonyl (C=O) groups is 1. The molecule has 96 valence electrons. The molecule has 16 heavy (non-hydrogen) atoms. The van der Waals surface area contributed by atoms with E-state index in [1.807, 2.05) is 13.8 Å². The SMILES string of the molecule is CCCCCOC(CN)C(C(=O)O)C(C)C. The van der Waals surface area contributed by atoms with Gasteiger partial charge in [-0.15, -0.1) is 0 Å². The Balaban J connectivity index is 4.16. The van der Waals surface area contributed by atoms with Gasteiger partial charge in [-0.3, -0.25) is 4.79 Å². The van der Waals surface area contributed by atoms with Crippen molar-refractivity contribution >= 4 is 5.97 Å². The highest BCUT2D eigenvalue weighted by molar-refractivity contribution is 5.71. The maximum atomic E-state index is 11.1. The summed E-state index contributed by atoms with van der Waals surface area (Å²) in [5, 5.41) is 9.11. The molecule has 0 rings (SSSR count). The van der Waals surface area contributed by atoms with Crippen LogP contribution in [-0.2, 0) is 9.53 Å². The van der Waals surface area contributed by atoms with Crippen molar-refractivity contribution in [3.05, 3.63) is 0 Å². The third-order valence-corrected chi connectivity index (χ3v) is 2.72. The Bertz CT molecular complexity index is 195. The van der Waals surface area contributed by atoms with E-state index in [1.54, 1.807) is 0 Å². The van der Waals surface area contributed by atoms with Crippen molar-refractivity contribution in [2.75, 3.05) is 13.2 Å². The van der Waals surface area contributed by atoms with Crippen LogP contribution in [0, 0.1) is 11.8 Å². The highest BCUT2D eigenvalue weighted by atomic mass is 16.5. The van der Waals surface area contributed by atoms with Crippen LogP contribution in [0.3, 0.4) is 0 Å². The summed E-state index contributed by atoms with van der Waals surface area (Å²) in [7, 11) is 0. The molecule has 0 radical (unpaired) electrons. The number of unbranched alkanes of at least 4 members (excludes halogenated alkanes) is 2. The van der Waals surface area contributed by atoms with E-state index in [2.05, 4.69) is 6.92 Å². The van der Waals surface area contributed by atoms with Crippen LogP contribution in [0.1, 0.15) is 40.0 Å². The van der Waals surface area contributed by atoms with Gasteiger partial charge in [0.15, 0.2) is 0 Å². The fourth-order valence-corrected chi connectivity index (χ4v) is 1.78. The highest BCUT2D eigenvalue weighted by Crippen LogP contribution is 2.18. The second-order valence-electron chi connectivity index (χ2n) is 4.46. The average Bonchev–Trinajstić information content (AvgIpc) is 2.21. The molecule has 0 spiro atoms. The molecule has 0 aromatic heterocycles. The van der Waals surface area contributed by atoms with Crippen LogP contribution >= 0.6 is 0 Å². The lowest BCUT2D eigenvalue weighted by molar-refractivity contribution is -0.149. The van der Waals surface area contributed by atoms with E-state index in [-0.39, 0.29) is 18.6 Å². The summed E-state index contributed by atoms with van der Waals surface area (Å²) in [6.45, 7) is 6.76. The number of hydrogen-bond donors (Lipinski definition) is 2. The lowest BCUT2D eigenvalue weighted by atomic mass is 9.90. The van der Waals surface area contributed by atoms with Gasteiger partial charge in [0.2, 0.25) is 0 Å². The van der Waals surface area contributed by atoms with Crippen LogP contribution in [0.5, 0.6) is 0 Å². The predicted octanol–water partition coefficient (Wildman–Crippen LogP) is 1.88.